The first kappa shape index (κ1) is 21.8. The third-order valence-corrected chi connectivity index (χ3v) is 7.71. The lowest BCUT2D eigenvalue weighted by molar-refractivity contribution is 0.620. The summed E-state index contributed by atoms with van der Waals surface area (Å²) in [6, 6.07) is 49.2. The van der Waals surface area contributed by atoms with Gasteiger partial charge in [0.25, 0.3) is 0 Å². The molecule has 0 spiro atoms. The van der Waals surface area contributed by atoms with E-state index in [0.717, 1.165) is 22.0 Å². The Kier molecular flexibility index (Phi) is 4.86. The van der Waals surface area contributed by atoms with E-state index in [9.17, 15) is 0 Å². The molecule has 182 valence electrons. The quantitative estimate of drug-likeness (QED) is 0.227. The largest absolute Gasteiger partial charge is 0.436 e. The molecule has 0 aliphatic rings. The molecule has 0 radical (unpaired) electrons. The van der Waals surface area contributed by atoms with Crippen LogP contribution in [-0.2, 0) is 0 Å². The van der Waals surface area contributed by atoms with Crippen LogP contribution in [0.4, 0.5) is 0 Å². The van der Waals surface area contributed by atoms with E-state index in [1.54, 1.807) is 0 Å². The van der Waals surface area contributed by atoms with Gasteiger partial charge >= 0.3 is 0 Å². The molecular weight excluding hydrogens is 474 g/mol. The van der Waals surface area contributed by atoms with Crippen LogP contribution in [0.1, 0.15) is 0 Å². The molecule has 8 rings (SSSR count). The summed E-state index contributed by atoms with van der Waals surface area (Å²) >= 11 is 0. The Morgan fingerprint density at radius 1 is 0.385 bits per heavy atom. The van der Waals surface area contributed by atoms with Crippen LogP contribution in [0, 0.1) is 0 Å². The zero-order valence-electron chi connectivity index (χ0n) is 21.1. The Hall–Kier alpha value is -5.21. The summed E-state index contributed by atoms with van der Waals surface area (Å²) in [7, 11) is 0. The molecule has 0 saturated heterocycles. The number of oxazole rings is 1. The molecule has 7 aromatic carbocycles. The smallest absolute Gasteiger partial charge is 0.227 e. The first-order valence-electron chi connectivity index (χ1n) is 13.2. The van der Waals surface area contributed by atoms with Crippen LogP contribution >= 0.6 is 0 Å². The molecule has 0 aliphatic heterocycles. The van der Waals surface area contributed by atoms with E-state index in [1.165, 1.54) is 49.2 Å². The van der Waals surface area contributed by atoms with Gasteiger partial charge in [-0.2, -0.15) is 0 Å². The molecule has 2 nitrogen and oxygen atoms in total. The van der Waals surface area contributed by atoms with E-state index >= 15 is 0 Å². The molecule has 0 bridgehead atoms. The van der Waals surface area contributed by atoms with Crippen molar-refractivity contribution in [1.82, 2.24) is 4.98 Å². The monoisotopic (exact) mass is 497 g/mol. The predicted molar refractivity (Wildman–Crippen MR) is 163 cm³/mol. The van der Waals surface area contributed by atoms with E-state index in [1.807, 2.05) is 24.3 Å². The fourth-order valence-electron chi connectivity index (χ4n) is 6.03. The molecular formula is C37H23NO. The lowest BCUT2D eigenvalue weighted by Gasteiger charge is -2.19. The first-order valence-corrected chi connectivity index (χ1v) is 13.2. The summed E-state index contributed by atoms with van der Waals surface area (Å²) in [6.45, 7) is 0. The molecule has 1 heterocycles. The highest BCUT2D eigenvalue weighted by atomic mass is 16.3. The minimum absolute atomic E-state index is 0.646. The van der Waals surface area contributed by atoms with Gasteiger partial charge in [-0.3, -0.25) is 0 Å². The molecule has 0 saturated carbocycles. The molecule has 2 heteroatoms. The van der Waals surface area contributed by atoms with Gasteiger partial charge < -0.3 is 4.42 Å². The van der Waals surface area contributed by atoms with Crippen molar-refractivity contribution in [2.75, 3.05) is 0 Å². The van der Waals surface area contributed by atoms with Crippen LogP contribution in [0.15, 0.2) is 144 Å². The van der Waals surface area contributed by atoms with Gasteiger partial charge in [-0.1, -0.05) is 121 Å². The Balaban J connectivity index is 1.47. The SMILES string of the molecule is c1ccc(-c2c3ccccc3c(-c3ccc(-c4nc5ccccc5o4)c4ccccc34)c3ccccc23)cc1. The highest BCUT2D eigenvalue weighted by Gasteiger charge is 2.19. The Labute approximate surface area is 225 Å². The van der Waals surface area contributed by atoms with Crippen LogP contribution in [0.25, 0.3) is 77.1 Å². The molecule has 0 unspecified atom stereocenters. The van der Waals surface area contributed by atoms with Crippen molar-refractivity contribution >= 4 is 43.4 Å². The zero-order chi connectivity index (χ0) is 25.8. The topological polar surface area (TPSA) is 26.0 Å². The average Bonchev–Trinajstić information content (AvgIpc) is 3.44. The van der Waals surface area contributed by atoms with E-state index in [-0.39, 0.29) is 0 Å². The Bertz CT molecular complexity index is 2080. The third-order valence-electron chi connectivity index (χ3n) is 7.71. The molecule has 1 aromatic heterocycles. The number of benzene rings is 7. The van der Waals surface area contributed by atoms with E-state index in [2.05, 4.69) is 115 Å². The number of aromatic nitrogens is 1. The number of para-hydroxylation sites is 2. The molecule has 0 atom stereocenters. The van der Waals surface area contributed by atoms with Gasteiger partial charge in [0.05, 0.1) is 0 Å². The highest BCUT2D eigenvalue weighted by Crippen LogP contribution is 2.46. The Morgan fingerprint density at radius 2 is 0.872 bits per heavy atom. The first-order chi connectivity index (χ1) is 19.4. The summed E-state index contributed by atoms with van der Waals surface area (Å²) in [5, 5.41) is 7.31. The van der Waals surface area contributed by atoms with Crippen molar-refractivity contribution in [3.05, 3.63) is 140 Å². The fourth-order valence-corrected chi connectivity index (χ4v) is 6.03. The van der Waals surface area contributed by atoms with Crippen molar-refractivity contribution in [3.8, 4) is 33.7 Å². The highest BCUT2D eigenvalue weighted by molar-refractivity contribution is 6.24. The van der Waals surface area contributed by atoms with E-state index in [4.69, 9.17) is 9.40 Å². The molecule has 0 fully saturated rings. The molecule has 8 aromatic rings. The normalized spacial score (nSPS) is 11.6. The van der Waals surface area contributed by atoms with Crippen molar-refractivity contribution in [1.29, 1.82) is 0 Å². The second-order valence-corrected chi connectivity index (χ2v) is 9.90. The second kappa shape index (κ2) is 8.68. The van der Waals surface area contributed by atoms with Crippen molar-refractivity contribution in [2.24, 2.45) is 0 Å². The summed E-state index contributed by atoms with van der Waals surface area (Å²) in [6.07, 6.45) is 0. The van der Waals surface area contributed by atoms with Gasteiger partial charge in [-0.25, -0.2) is 4.98 Å². The van der Waals surface area contributed by atoms with Gasteiger partial charge in [0.15, 0.2) is 5.58 Å². The van der Waals surface area contributed by atoms with Gasteiger partial charge in [0.2, 0.25) is 5.89 Å². The summed E-state index contributed by atoms with van der Waals surface area (Å²) in [4.78, 5) is 4.81. The maximum absolute atomic E-state index is 6.20. The summed E-state index contributed by atoms with van der Waals surface area (Å²) in [5.41, 5.74) is 7.63. The van der Waals surface area contributed by atoms with Crippen LogP contribution in [-0.4, -0.2) is 4.98 Å². The van der Waals surface area contributed by atoms with Crippen LogP contribution in [0.3, 0.4) is 0 Å². The van der Waals surface area contributed by atoms with Crippen molar-refractivity contribution in [3.63, 3.8) is 0 Å². The maximum Gasteiger partial charge on any atom is 0.227 e. The maximum atomic E-state index is 6.20. The van der Waals surface area contributed by atoms with Gasteiger partial charge in [0, 0.05) is 5.56 Å². The predicted octanol–water partition coefficient (Wildman–Crippen LogP) is 10.3. The minimum Gasteiger partial charge on any atom is -0.436 e. The number of hydrogen-bond acceptors (Lipinski definition) is 2. The van der Waals surface area contributed by atoms with Gasteiger partial charge in [-0.05, 0) is 72.8 Å². The van der Waals surface area contributed by atoms with Crippen molar-refractivity contribution in [2.45, 2.75) is 0 Å². The van der Waals surface area contributed by atoms with Crippen LogP contribution in [0.2, 0.25) is 0 Å². The fraction of sp³-hybridized carbons (Fsp3) is 0. The van der Waals surface area contributed by atoms with Gasteiger partial charge in [0.1, 0.15) is 5.52 Å². The average molecular weight is 498 g/mol. The summed E-state index contributed by atoms with van der Waals surface area (Å²) in [5.74, 6) is 0.646. The second-order valence-electron chi connectivity index (χ2n) is 9.90. The molecule has 0 N–H and O–H groups in total. The van der Waals surface area contributed by atoms with Crippen LogP contribution < -0.4 is 0 Å². The van der Waals surface area contributed by atoms with E-state index < -0.39 is 0 Å². The molecule has 0 aliphatic carbocycles. The summed E-state index contributed by atoms with van der Waals surface area (Å²) < 4.78 is 6.20. The van der Waals surface area contributed by atoms with Crippen molar-refractivity contribution < 1.29 is 4.42 Å². The van der Waals surface area contributed by atoms with E-state index in [0.29, 0.717) is 5.89 Å². The third kappa shape index (κ3) is 3.39. The number of hydrogen-bond donors (Lipinski definition) is 0. The van der Waals surface area contributed by atoms with Crippen LogP contribution in [0.5, 0.6) is 0 Å². The lowest BCUT2D eigenvalue weighted by Crippen LogP contribution is -1.92. The zero-order valence-corrected chi connectivity index (χ0v) is 21.1. The number of nitrogens with zero attached hydrogens (tertiary/aromatic N) is 1. The molecule has 39 heavy (non-hydrogen) atoms. The molecule has 0 amide bonds. The minimum atomic E-state index is 0.646. The van der Waals surface area contributed by atoms with Gasteiger partial charge in [-0.15, -0.1) is 0 Å². The number of rotatable bonds is 3. The standard InChI is InChI=1S/C37H23NO/c1-2-12-24(13-3-1)35-27-16-6-8-18-29(27)36(30-19-9-7-17-28(30)35)31-22-23-32(26-15-5-4-14-25(26)31)37-38-33-20-10-11-21-34(33)39-37/h1-23H. The number of fused-ring (bicyclic) bond motifs is 4. The Morgan fingerprint density at radius 3 is 1.51 bits per heavy atom. The lowest BCUT2D eigenvalue weighted by atomic mass is 9.84.